The van der Waals surface area contributed by atoms with E-state index in [1.165, 1.54) is 0 Å². The zero-order valence-corrected chi connectivity index (χ0v) is 10.4. The van der Waals surface area contributed by atoms with Gasteiger partial charge >= 0.3 is 5.97 Å². The van der Waals surface area contributed by atoms with Gasteiger partial charge in [0.1, 0.15) is 0 Å². The number of carboxylic acids is 1. The number of carbonyl (C=O) groups is 2. The van der Waals surface area contributed by atoms with Gasteiger partial charge in [-0.3, -0.25) is 9.59 Å². The number of hydrogen-bond acceptors (Lipinski definition) is 3. The van der Waals surface area contributed by atoms with Gasteiger partial charge in [0.05, 0.1) is 0 Å². The number of aliphatic carboxylic acids is 1. The van der Waals surface area contributed by atoms with E-state index in [0.29, 0.717) is 26.1 Å². The lowest BCUT2D eigenvalue weighted by Gasteiger charge is -2.19. The molecule has 2 atom stereocenters. The molecule has 0 aliphatic carbocycles. The van der Waals surface area contributed by atoms with Crippen LogP contribution in [-0.4, -0.2) is 41.5 Å². The van der Waals surface area contributed by atoms with E-state index in [2.05, 4.69) is 0 Å². The predicted octanol–water partition coefficient (Wildman–Crippen LogP) is 0.685. The Balaban J connectivity index is 2.37. The minimum atomic E-state index is -0.780. The maximum Gasteiger partial charge on any atom is 0.303 e. The molecule has 1 heterocycles. The molecule has 5 heteroatoms. The molecule has 1 aliphatic rings. The van der Waals surface area contributed by atoms with E-state index >= 15 is 0 Å². The Morgan fingerprint density at radius 3 is 2.76 bits per heavy atom. The van der Waals surface area contributed by atoms with Crippen LogP contribution in [0.4, 0.5) is 0 Å². The molecule has 17 heavy (non-hydrogen) atoms. The van der Waals surface area contributed by atoms with Crippen molar-refractivity contribution in [1.82, 2.24) is 4.90 Å². The second-order valence-electron chi connectivity index (χ2n) is 4.81. The molecule has 0 saturated carbocycles. The minimum absolute atomic E-state index is 0.120. The van der Waals surface area contributed by atoms with Crippen molar-refractivity contribution in [1.29, 1.82) is 0 Å². The van der Waals surface area contributed by atoms with Crippen LogP contribution in [0.1, 0.15) is 32.6 Å². The maximum absolute atomic E-state index is 11.9. The van der Waals surface area contributed by atoms with Crippen molar-refractivity contribution in [2.75, 3.05) is 19.6 Å². The Hall–Kier alpha value is -1.10. The van der Waals surface area contributed by atoms with Gasteiger partial charge in [-0.15, -0.1) is 0 Å². The molecule has 1 saturated heterocycles. The minimum Gasteiger partial charge on any atom is -0.481 e. The normalized spacial score (nSPS) is 21.5. The summed E-state index contributed by atoms with van der Waals surface area (Å²) in [5, 5.41) is 8.70. The van der Waals surface area contributed by atoms with Crippen molar-refractivity contribution in [3.05, 3.63) is 0 Å². The van der Waals surface area contributed by atoms with Crippen molar-refractivity contribution in [3.8, 4) is 0 Å². The average molecular weight is 242 g/mol. The molecule has 1 aliphatic heterocycles. The Morgan fingerprint density at radius 1 is 1.53 bits per heavy atom. The molecule has 5 nitrogen and oxygen atoms in total. The smallest absolute Gasteiger partial charge is 0.303 e. The third kappa shape index (κ3) is 4.34. The van der Waals surface area contributed by atoms with Gasteiger partial charge in [-0.25, -0.2) is 0 Å². The van der Waals surface area contributed by atoms with Crippen LogP contribution in [0.2, 0.25) is 0 Å². The summed E-state index contributed by atoms with van der Waals surface area (Å²) in [5.41, 5.74) is 5.57. The van der Waals surface area contributed by atoms with Crippen molar-refractivity contribution in [3.63, 3.8) is 0 Å². The fourth-order valence-corrected chi connectivity index (χ4v) is 2.24. The van der Waals surface area contributed by atoms with Gasteiger partial charge in [0.2, 0.25) is 5.91 Å². The van der Waals surface area contributed by atoms with Gasteiger partial charge in [0.25, 0.3) is 0 Å². The van der Waals surface area contributed by atoms with Crippen molar-refractivity contribution < 1.29 is 14.7 Å². The van der Waals surface area contributed by atoms with Crippen LogP contribution >= 0.6 is 0 Å². The van der Waals surface area contributed by atoms with Crippen LogP contribution in [-0.2, 0) is 9.59 Å². The molecule has 0 aromatic carbocycles. The molecule has 2 unspecified atom stereocenters. The van der Waals surface area contributed by atoms with Crippen LogP contribution < -0.4 is 5.73 Å². The van der Waals surface area contributed by atoms with Crippen LogP contribution in [0, 0.1) is 11.8 Å². The fraction of sp³-hybridized carbons (Fsp3) is 0.833. The quantitative estimate of drug-likeness (QED) is 0.717. The van der Waals surface area contributed by atoms with Crippen LogP contribution in [0.25, 0.3) is 0 Å². The zero-order valence-electron chi connectivity index (χ0n) is 10.4. The zero-order chi connectivity index (χ0) is 12.8. The Labute approximate surface area is 102 Å². The first-order valence-corrected chi connectivity index (χ1v) is 6.26. The highest BCUT2D eigenvalue weighted by Crippen LogP contribution is 2.21. The number of rotatable bonds is 6. The van der Waals surface area contributed by atoms with E-state index in [0.717, 1.165) is 12.8 Å². The summed E-state index contributed by atoms with van der Waals surface area (Å²) in [6.07, 6.45) is 2.37. The Morgan fingerprint density at radius 2 is 2.24 bits per heavy atom. The van der Waals surface area contributed by atoms with E-state index < -0.39 is 5.97 Å². The van der Waals surface area contributed by atoms with Gasteiger partial charge in [-0.2, -0.15) is 0 Å². The molecule has 1 fully saturated rings. The summed E-state index contributed by atoms with van der Waals surface area (Å²) in [7, 11) is 0. The number of hydrogen-bond donors (Lipinski definition) is 2. The molecular formula is C12H22N2O3. The highest BCUT2D eigenvalue weighted by Gasteiger charge is 2.28. The molecule has 0 aromatic heterocycles. The summed E-state index contributed by atoms with van der Waals surface area (Å²) >= 11 is 0. The second kappa shape index (κ2) is 6.59. The molecule has 0 spiro atoms. The van der Waals surface area contributed by atoms with Gasteiger partial charge in [0.15, 0.2) is 0 Å². The topological polar surface area (TPSA) is 83.6 Å². The molecular weight excluding hydrogens is 220 g/mol. The third-order valence-electron chi connectivity index (χ3n) is 3.48. The summed E-state index contributed by atoms with van der Waals surface area (Å²) in [6, 6.07) is 0. The summed E-state index contributed by atoms with van der Waals surface area (Å²) in [6.45, 7) is 3.85. The van der Waals surface area contributed by atoms with Crippen molar-refractivity contribution >= 4 is 11.9 Å². The van der Waals surface area contributed by atoms with E-state index in [-0.39, 0.29) is 24.2 Å². The van der Waals surface area contributed by atoms with Gasteiger partial charge in [-0.05, 0) is 24.8 Å². The lowest BCUT2D eigenvalue weighted by atomic mass is 10.0. The van der Waals surface area contributed by atoms with Crippen molar-refractivity contribution in [2.45, 2.75) is 32.6 Å². The predicted molar refractivity (Wildman–Crippen MR) is 64.4 cm³/mol. The van der Waals surface area contributed by atoms with E-state index in [1.54, 1.807) is 4.90 Å². The largest absolute Gasteiger partial charge is 0.481 e. The lowest BCUT2D eigenvalue weighted by Crippen LogP contribution is -2.32. The van der Waals surface area contributed by atoms with Crippen LogP contribution in [0.15, 0.2) is 0 Å². The standard InChI is InChI=1S/C12H22N2O3/c1-2-9(7-13)5-11(15)14-4-3-10(8-14)6-12(16)17/h9-10H,2-8,13H2,1H3,(H,16,17). The number of nitrogens with zero attached hydrogens (tertiary/aromatic N) is 1. The van der Waals surface area contributed by atoms with Crippen LogP contribution in [0.3, 0.4) is 0 Å². The van der Waals surface area contributed by atoms with Crippen LogP contribution in [0.5, 0.6) is 0 Å². The van der Waals surface area contributed by atoms with E-state index in [9.17, 15) is 9.59 Å². The monoisotopic (exact) mass is 242 g/mol. The van der Waals surface area contributed by atoms with Gasteiger partial charge < -0.3 is 15.7 Å². The third-order valence-corrected chi connectivity index (χ3v) is 3.48. The number of nitrogens with two attached hydrogens (primary N) is 1. The number of likely N-dealkylation sites (tertiary alicyclic amines) is 1. The molecule has 0 bridgehead atoms. The van der Waals surface area contributed by atoms with E-state index in [1.807, 2.05) is 6.92 Å². The number of amides is 1. The molecule has 0 radical (unpaired) electrons. The average Bonchev–Trinajstić information content (AvgIpc) is 2.73. The number of carboxylic acid groups (broad SMARTS) is 1. The highest BCUT2D eigenvalue weighted by atomic mass is 16.4. The summed E-state index contributed by atoms with van der Waals surface area (Å²) in [4.78, 5) is 24.3. The summed E-state index contributed by atoms with van der Waals surface area (Å²) in [5.74, 6) is -0.289. The Kier molecular flexibility index (Phi) is 5.41. The van der Waals surface area contributed by atoms with E-state index in [4.69, 9.17) is 10.8 Å². The van der Waals surface area contributed by atoms with Gasteiger partial charge in [-0.1, -0.05) is 13.3 Å². The first-order valence-electron chi connectivity index (χ1n) is 6.26. The second-order valence-corrected chi connectivity index (χ2v) is 4.81. The molecule has 1 amide bonds. The first kappa shape index (κ1) is 14.0. The van der Waals surface area contributed by atoms with Gasteiger partial charge in [0, 0.05) is 25.9 Å². The molecule has 0 aromatic rings. The fourth-order valence-electron chi connectivity index (χ4n) is 2.24. The SMILES string of the molecule is CCC(CN)CC(=O)N1CCC(CC(=O)O)C1. The van der Waals surface area contributed by atoms with Crippen molar-refractivity contribution in [2.24, 2.45) is 17.6 Å². The maximum atomic E-state index is 11.9. The molecule has 3 N–H and O–H groups in total. The Bertz CT molecular complexity index is 277. The summed E-state index contributed by atoms with van der Waals surface area (Å²) < 4.78 is 0. The highest BCUT2D eigenvalue weighted by molar-refractivity contribution is 5.77. The molecule has 1 rings (SSSR count). The lowest BCUT2D eigenvalue weighted by molar-refractivity contribution is -0.138. The molecule has 98 valence electrons. The number of carbonyl (C=O) groups excluding carboxylic acids is 1. The first-order chi connectivity index (χ1) is 8.06.